The van der Waals surface area contributed by atoms with Crippen LogP contribution < -0.4 is 0 Å². The number of rotatable bonds is 4. The van der Waals surface area contributed by atoms with E-state index < -0.39 is 0 Å². The van der Waals surface area contributed by atoms with E-state index in [0.29, 0.717) is 18.1 Å². The first kappa shape index (κ1) is 13.8. The fourth-order valence-corrected chi connectivity index (χ4v) is 2.07. The number of aromatic nitrogens is 2. The van der Waals surface area contributed by atoms with Crippen LogP contribution in [0.3, 0.4) is 0 Å². The molecule has 1 unspecified atom stereocenters. The second-order valence-electron chi connectivity index (χ2n) is 4.52. The van der Waals surface area contributed by atoms with Gasteiger partial charge in [0.1, 0.15) is 0 Å². The average Bonchev–Trinajstić information content (AvgIpc) is 2.89. The molecular formula is C14H14BrN3O. The first-order chi connectivity index (χ1) is 9.11. The third-order valence-corrected chi connectivity index (χ3v) is 3.84. The Hall–Kier alpha value is -1.67. The van der Waals surface area contributed by atoms with Crippen LogP contribution in [0.15, 0.2) is 27.2 Å². The lowest BCUT2D eigenvalue weighted by molar-refractivity contribution is 0.355. The molecule has 0 radical (unpaired) electrons. The van der Waals surface area contributed by atoms with Crippen molar-refractivity contribution in [1.29, 1.82) is 5.26 Å². The Balaban J connectivity index is 2.21. The summed E-state index contributed by atoms with van der Waals surface area (Å²) in [6, 6.07) is 8.08. The Kier molecular flexibility index (Phi) is 4.33. The highest BCUT2D eigenvalue weighted by molar-refractivity contribution is 9.10. The molecule has 0 bridgehead atoms. The summed E-state index contributed by atoms with van der Waals surface area (Å²) in [5.74, 6) is 1.27. The van der Waals surface area contributed by atoms with Crippen molar-refractivity contribution in [2.45, 2.75) is 32.6 Å². The minimum absolute atomic E-state index is 0.106. The topological polar surface area (TPSA) is 62.7 Å². The zero-order valence-corrected chi connectivity index (χ0v) is 12.4. The van der Waals surface area contributed by atoms with E-state index in [4.69, 9.17) is 9.78 Å². The first-order valence-electron chi connectivity index (χ1n) is 6.09. The fourth-order valence-electron chi connectivity index (χ4n) is 1.69. The maximum atomic E-state index is 8.58. The molecule has 1 aromatic heterocycles. The van der Waals surface area contributed by atoms with Crippen molar-refractivity contribution in [3.05, 3.63) is 34.1 Å². The zero-order valence-electron chi connectivity index (χ0n) is 10.9. The van der Waals surface area contributed by atoms with Crippen LogP contribution in [0.2, 0.25) is 0 Å². The van der Waals surface area contributed by atoms with Gasteiger partial charge in [0.15, 0.2) is 0 Å². The number of halogens is 1. The smallest absolute Gasteiger partial charge is 0.229 e. The number of benzene rings is 1. The van der Waals surface area contributed by atoms with Gasteiger partial charge in [-0.2, -0.15) is 10.2 Å². The summed E-state index contributed by atoms with van der Waals surface area (Å²) in [6.45, 7) is 4.01. The summed E-state index contributed by atoms with van der Waals surface area (Å²) >= 11 is 3.49. The molecule has 2 aromatic rings. The van der Waals surface area contributed by atoms with Crippen LogP contribution in [0.4, 0.5) is 0 Å². The van der Waals surface area contributed by atoms with Crippen LogP contribution in [-0.2, 0) is 0 Å². The lowest BCUT2D eigenvalue weighted by Gasteiger charge is -2.01. The van der Waals surface area contributed by atoms with Gasteiger partial charge in [0.25, 0.3) is 0 Å². The minimum Gasteiger partial charge on any atom is -0.339 e. The van der Waals surface area contributed by atoms with Gasteiger partial charge in [-0.05, 0) is 25.0 Å². The van der Waals surface area contributed by atoms with E-state index in [1.165, 1.54) is 0 Å². The molecule has 5 heteroatoms. The molecule has 1 atom stereocenters. The molecule has 4 nitrogen and oxygen atoms in total. The van der Waals surface area contributed by atoms with Crippen LogP contribution in [0.1, 0.15) is 37.1 Å². The van der Waals surface area contributed by atoms with Crippen LogP contribution >= 0.6 is 15.9 Å². The Labute approximate surface area is 120 Å². The van der Waals surface area contributed by atoms with E-state index in [1.807, 2.05) is 32.0 Å². The van der Waals surface area contributed by atoms with E-state index in [2.05, 4.69) is 32.1 Å². The van der Waals surface area contributed by atoms with E-state index in [1.54, 1.807) is 0 Å². The van der Waals surface area contributed by atoms with Gasteiger partial charge in [0.05, 0.1) is 6.07 Å². The Bertz CT molecular complexity index is 615. The minimum atomic E-state index is 0.106. The van der Waals surface area contributed by atoms with Gasteiger partial charge < -0.3 is 4.52 Å². The normalized spacial score (nSPS) is 12.1. The number of hydrogen-bond donors (Lipinski definition) is 0. The van der Waals surface area contributed by atoms with Crippen molar-refractivity contribution >= 4 is 15.9 Å². The van der Waals surface area contributed by atoms with Gasteiger partial charge in [0.2, 0.25) is 11.7 Å². The van der Waals surface area contributed by atoms with Gasteiger partial charge in [-0.3, -0.25) is 0 Å². The van der Waals surface area contributed by atoms with Crippen LogP contribution in [0.25, 0.3) is 11.4 Å². The van der Waals surface area contributed by atoms with Gasteiger partial charge in [-0.25, -0.2) is 0 Å². The molecule has 2 rings (SSSR count). The van der Waals surface area contributed by atoms with Gasteiger partial charge in [-0.15, -0.1) is 0 Å². The van der Waals surface area contributed by atoms with Crippen molar-refractivity contribution in [3.63, 3.8) is 0 Å². The van der Waals surface area contributed by atoms with E-state index in [-0.39, 0.29) is 5.92 Å². The summed E-state index contributed by atoms with van der Waals surface area (Å²) in [7, 11) is 0. The molecule has 0 aliphatic rings. The largest absolute Gasteiger partial charge is 0.339 e. The standard InChI is InChI=1S/C14H14BrN3O/c1-9-5-6-11(8-12(9)15)13-17-14(19-18-13)10(2)4-3-7-16/h5-6,8,10H,3-4H2,1-2H3. The predicted octanol–water partition coefficient (Wildman–Crippen LogP) is 4.21. The molecule has 0 fully saturated rings. The Morgan fingerprint density at radius 2 is 2.26 bits per heavy atom. The Morgan fingerprint density at radius 1 is 1.47 bits per heavy atom. The quantitative estimate of drug-likeness (QED) is 0.846. The molecule has 1 aromatic carbocycles. The number of nitriles is 1. The maximum Gasteiger partial charge on any atom is 0.229 e. The second kappa shape index (κ2) is 5.98. The van der Waals surface area contributed by atoms with E-state index in [9.17, 15) is 0 Å². The van der Waals surface area contributed by atoms with Crippen LogP contribution in [0.5, 0.6) is 0 Å². The molecule has 98 valence electrons. The molecule has 1 heterocycles. The molecule has 0 N–H and O–H groups in total. The van der Waals surface area contributed by atoms with Gasteiger partial charge in [-0.1, -0.05) is 40.1 Å². The highest BCUT2D eigenvalue weighted by atomic mass is 79.9. The second-order valence-corrected chi connectivity index (χ2v) is 5.37. The first-order valence-corrected chi connectivity index (χ1v) is 6.88. The van der Waals surface area contributed by atoms with Crippen molar-refractivity contribution in [2.75, 3.05) is 0 Å². The van der Waals surface area contributed by atoms with Gasteiger partial charge >= 0.3 is 0 Å². The van der Waals surface area contributed by atoms with E-state index in [0.717, 1.165) is 22.0 Å². The van der Waals surface area contributed by atoms with Crippen molar-refractivity contribution < 1.29 is 4.52 Å². The van der Waals surface area contributed by atoms with Crippen molar-refractivity contribution in [2.24, 2.45) is 0 Å². The lowest BCUT2D eigenvalue weighted by Crippen LogP contribution is -1.93. The number of hydrogen-bond acceptors (Lipinski definition) is 4. The molecule has 0 amide bonds. The molecule has 19 heavy (non-hydrogen) atoms. The third kappa shape index (κ3) is 3.21. The molecule has 0 aliphatic carbocycles. The van der Waals surface area contributed by atoms with Crippen molar-refractivity contribution in [3.8, 4) is 17.5 Å². The Morgan fingerprint density at radius 3 is 2.95 bits per heavy atom. The zero-order chi connectivity index (χ0) is 13.8. The molecular weight excluding hydrogens is 306 g/mol. The molecule has 0 saturated heterocycles. The van der Waals surface area contributed by atoms with Crippen LogP contribution in [0, 0.1) is 18.3 Å². The predicted molar refractivity (Wildman–Crippen MR) is 75.4 cm³/mol. The summed E-state index contributed by atoms with van der Waals surface area (Å²) < 4.78 is 6.28. The van der Waals surface area contributed by atoms with Crippen molar-refractivity contribution in [1.82, 2.24) is 10.1 Å². The maximum absolute atomic E-state index is 8.58. The average molecular weight is 320 g/mol. The summed E-state index contributed by atoms with van der Waals surface area (Å²) in [5, 5.41) is 12.6. The SMILES string of the molecule is Cc1ccc(-c2noc(C(C)CCC#N)n2)cc1Br. The molecule has 0 aliphatic heterocycles. The summed E-state index contributed by atoms with van der Waals surface area (Å²) in [5.41, 5.74) is 2.08. The van der Waals surface area contributed by atoms with E-state index >= 15 is 0 Å². The number of aryl methyl sites for hydroxylation is 1. The number of nitrogens with zero attached hydrogens (tertiary/aromatic N) is 3. The summed E-state index contributed by atoms with van der Waals surface area (Å²) in [6.07, 6.45) is 1.23. The monoisotopic (exact) mass is 319 g/mol. The lowest BCUT2D eigenvalue weighted by atomic mass is 10.1. The highest BCUT2D eigenvalue weighted by Gasteiger charge is 2.15. The van der Waals surface area contributed by atoms with Crippen LogP contribution in [-0.4, -0.2) is 10.1 Å². The molecule has 0 saturated carbocycles. The van der Waals surface area contributed by atoms with Gasteiger partial charge in [0, 0.05) is 22.4 Å². The third-order valence-electron chi connectivity index (χ3n) is 2.98. The molecule has 0 spiro atoms. The summed E-state index contributed by atoms with van der Waals surface area (Å²) in [4.78, 5) is 4.40. The highest BCUT2D eigenvalue weighted by Crippen LogP contribution is 2.26. The fraction of sp³-hybridized carbons (Fsp3) is 0.357.